The number of nitrogens with zero attached hydrogens (tertiary/aromatic N) is 1. The minimum atomic E-state index is -0.327. The maximum absolute atomic E-state index is 13.3. The third kappa shape index (κ3) is 3.77. The fourth-order valence-corrected chi connectivity index (χ4v) is 3.72. The van der Waals surface area contributed by atoms with E-state index in [0.29, 0.717) is 19.8 Å². The summed E-state index contributed by atoms with van der Waals surface area (Å²) in [6.07, 6.45) is 2.81. The van der Waals surface area contributed by atoms with Crippen molar-refractivity contribution in [2.75, 3.05) is 5.32 Å². The second-order valence-corrected chi connectivity index (χ2v) is 7.34. The molecule has 1 heterocycles. The minimum Gasteiger partial charge on any atom is -0.301 e. The third-order valence-corrected chi connectivity index (χ3v) is 5.13. The monoisotopic (exact) mass is 422 g/mol. The van der Waals surface area contributed by atoms with Crippen LogP contribution in [-0.2, 0) is 4.79 Å². The van der Waals surface area contributed by atoms with Gasteiger partial charge in [0.25, 0.3) is 0 Å². The average molecular weight is 424 g/mol. The number of amides is 1. The Bertz CT molecular complexity index is 632. The molecule has 0 unspecified atom stereocenters. The van der Waals surface area contributed by atoms with Crippen LogP contribution in [0.3, 0.4) is 0 Å². The summed E-state index contributed by atoms with van der Waals surface area (Å²) in [5.41, 5.74) is 0.659. The quantitative estimate of drug-likeness (QED) is 0.680. The molecule has 0 aliphatic rings. The van der Waals surface area contributed by atoms with E-state index < -0.39 is 0 Å². The number of fused-ring (bicyclic) bond motifs is 1. The first-order chi connectivity index (χ1) is 9.51. The van der Waals surface area contributed by atoms with E-state index in [9.17, 15) is 9.18 Å². The summed E-state index contributed by atoms with van der Waals surface area (Å²) in [5, 5.41) is 3.25. The maximum Gasteiger partial charge on any atom is 0.239 e. The number of carbonyl (C=O) groups excluding carboxylic acids is 1. The van der Waals surface area contributed by atoms with Crippen LogP contribution in [0.25, 0.3) is 10.2 Å². The number of halogens is 3. The molecule has 1 aromatic heterocycles. The van der Waals surface area contributed by atoms with Crippen LogP contribution in [0.5, 0.6) is 0 Å². The zero-order valence-electron chi connectivity index (χ0n) is 10.8. The molecule has 7 heteroatoms. The number of thiazole rings is 1. The van der Waals surface area contributed by atoms with Crippen molar-refractivity contribution in [3.63, 3.8) is 0 Å². The van der Waals surface area contributed by atoms with Gasteiger partial charge in [0.05, 0.1) is 15.0 Å². The number of carbonyl (C=O) groups is 1. The molecule has 3 nitrogen and oxygen atoms in total. The number of aromatic nitrogens is 1. The lowest BCUT2D eigenvalue weighted by Crippen LogP contribution is -2.22. The van der Waals surface area contributed by atoms with Crippen LogP contribution < -0.4 is 5.32 Å². The highest BCUT2D eigenvalue weighted by Gasteiger charge is 2.17. The van der Waals surface area contributed by atoms with Crippen LogP contribution in [0.1, 0.15) is 26.2 Å². The van der Waals surface area contributed by atoms with Gasteiger partial charge in [-0.15, -0.1) is 0 Å². The summed E-state index contributed by atoms with van der Waals surface area (Å²) in [6, 6.07) is 2.78. The number of hydrogen-bond donors (Lipinski definition) is 1. The molecular formula is C13H13Br2FN2OS. The summed E-state index contributed by atoms with van der Waals surface area (Å²) in [6.45, 7) is 2.08. The summed E-state index contributed by atoms with van der Waals surface area (Å²) < 4.78 is 14.6. The van der Waals surface area contributed by atoms with Crippen LogP contribution in [0, 0.1) is 5.82 Å². The fourth-order valence-electron chi connectivity index (χ4n) is 1.71. The van der Waals surface area contributed by atoms with Gasteiger partial charge in [-0.25, -0.2) is 9.37 Å². The van der Waals surface area contributed by atoms with Crippen molar-refractivity contribution in [3.8, 4) is 0 Å². The molecule has 0 spiro atoms. The molecule has 1 amide bonds. The van der Waals surface area contributed by atoms with Crippen LogP contribution in [0.15, 0.2) is 16.6 Å². The summed E-state index contributed by atoms with van der Waals surface area (Å²) >= 11 is 7.90. The number of nitrogens with one attached hydrogen (secondary N) is 1. The molecule has 1 atom stereocenters. The zero-order chi connectivity index (χ0) is 14.7. The zero-order valence-corrected chi connectivity index (χ0v) is 14.7. The van der Waals surface area contributed by atoms with Gasteiger partial charge in [0.1, 0.15) is 5.82 Å². The molecule has 0 bridgehead atoms. The number of hydrogen-bond acceptors (Lipinski definition) is 3. The molecule has 1 N–H and O–H groups in total. The van der Waals surface area contributed by atoms with Gasteiger partial charge in [0.2, 0.25) is 5.91 Å². The standard InChI is InChI=1S/C13H13Br2FN2OS/c1-2-3-4-8(14)12(19)18-13-17-11-9(15)5-7(16)6-10(11)20-13/h5-6,8H,2-4H2,1H3,(H,17,18,19)/t8-/m0/s1. The Morgan fingerprint density at radius 2 is 2.30 bits per heavy atom. The number of unbranched alkanes of at least 4 members (excludes halogenated alkanes) is 1. The van der Waals surface area contributed by atoms with Gasteiger partial charge in [-0.3, -0.25) is 4.79 Å². The van der Waals surface area contributed by atoms with E-state index in [1.807, 2.05) is 0 Å². The van der Waals surface area contributed by atoms with Gasteiger partial charge in [0, 0.05) is 4.47 Å². The number of alkyl halides is 1. The second kappa shape index (κ2) is 6.95. The lowest BCUT2D eigenvalue weighted by atomic mass is 10.2. The van der Waals surface area contributed by atoms with E-state index in [1.165, 1.54) is 23.5 Å². The van der Waals surface area contributed by atoms with Crippen LogP contribution in [0.4, 0.5) is 9.52 Å². The Balaban J connectivity index is 2.14. The molecule has 0 radical (unpaired) electrons. The molecule has 0 saturated carbocycles. The van der Waals surface area contributed by atoms with Crippen LogP contribution in [-0.4, -0.2) is 15.7 Å². The topological polar surface area (TPSA) is 42.0 Å². The van der Waals surface area contributed by atoms with Crippen molar-refractivity contribution in [1.82, 2.24) is 4.98 Å². The Labute approximate surface area is 137 Å². The van der Waals surface area contributed by atoms with E-state index in [0.717, 1.165) is 19.3 Å². The SMILES string of the molecule is CCCC[C@H](Br)C(=O)Nc1nc2c(Br)cc(F)cc2s1. The van der Waals surface area contributed by atoms with Crippen molar-refractivity contribution < 1.29 is 9.18 Å². The van der Waals surface area contributed by atoms with E-state index >= 15 is 0 Å². The van der Waals surface area contributed by atoms with Gasteiger partial charge in [-0.1, -0.05) is 47.0 Å². The molecule has 0 aliphatic carbocycles. The molecule has 108 valence electrons. The Hall–Kier alpha value is -0.530. The largest absolute Gasteiger partial charge is 0.301 e. The third-order valence-electron chi connectivity index (χ3n) is 2.74. The van der Waals surface area contributed by atoms with Crippen molar-refractivity contribution in [2.24, 2.45) is 0 Å². The van der Waals surface area contributed by atoms with Gasteiger partial charge in [-0.2, -0.15) is 0 Å². The summed E-state index contributed by atoms with van der Waals surface area (Å²) in [4.78, 5) is 16.1. The van der Waals surface area contributed by atoms with E-state index in [2.05, 4.69) is 49.1 Å². The van der Waals surface area contributed by atoms with Crippen LogP contribution in [0.2, 0.25) is 0 Å². The maximum atomic E-state index is 13.3. The predicted octanol–water partition coefficient (Wildman–Crippen LogP) is 5.09. The summed E-state index contributed by atoms with van der Waals surface area (Å²) in [5.74, 6) is -0.443. The average Bonchev–Trinajstić information content (AvgIpc) is 2.78. The van der Waals surface area contributed by atoms with Crippen molar-refractivity contribution in [1.29, 1.82) is 0 Å². The predicted molar refractivity (Wildman–Crippen MR) is 88.1 cm³/mol. The highest BCUT2D eigenvalue weighted by Crippen LogP contribution is 2.32. The minimum absolute atomic E-state index is 0.117. The first kappa shape index (κ1) is 15.9. The van der Waals surface area contributed by atoms with Crippen molar-refractivity contribution in [3.05, 3.63) is 22.4 Å². The lowest BCUT2D eigenvalue weighted by molar-refractivity contribution is -0.115. The Kier molecular flexibility index (Phi) is 5.51. The molecule has 1 aromatic carbocycles. The van der Waals surface area contributed by atoms with Crippen molar-refractivity contribution >= 4 is 64.5 Å². The molecule has 2 rings (SSSR count). The van der Waals surface area contributed by atoms with E-state index in [1.54, 1.807) is 0 Å². The number of benzene rings is 1. The smallest absolute Gasteiger partial charge is 0.239 e. The van der Waals surface area contributed by atoms with Gasteiger partial charge in [-0.05, 0) is 34.5 Å². The molecule has 0 fully saturated rings. The van der Waals surface area contributed by atoms with E-state index in [-0.39, 0.29) is 16.6 Å². The molecule has 0 aliphatic heterocycles. The number of rotatable bonds is 5. The molecule has 0 saturated heterocycles. The van der Waals surface area contributed by atoms with Gasteiger partial charge >= 0.3 is 0 Å². The lowest BCUT2D eigenvalue weighted by Gasteiger charge is -2.07. The normalized spacial score (nSPS) is 12.6. The highest BCUT2D eigenvalue weighted by atomic mass is 79.9. The first-order valence-electron chi connectivity index (χ1n) is 6.21. The summed E-state index contributed by atoms with van der Waals surface area (Å²) in [7, 11) is 0. The Morgan fingerprint density at radius 3 is 3.00 bits per heavy atom. The molecular weight excluding hydrogens is 411 g/mol. The first-order valence-corrected chi connectivity index (χ1v) is 8.74. The van der Waals surface area contributed by atoms with Gasteiger partial charge < -0.3 is 5.32 Å². The molecule has 20 heavy (non-hydrogen) atoms. The number of anilines is 1. The Morgan fingerprint density at radius 1 is 1.55 bits per heavy atom. The highest BCUT2D eigenvalue weighted by molar-refractivity contribution is 9.10. The van der Waals surface area contributed by atoms with Gasteiger partial charge in [0.15, 0.2) is 5.13 Å². The van der Waals surface area contributed by atoms with E-state index in [4.69, 9.17) is 0 Å². The van der Waals surface area contributed by atoms with Crippen molar-refractivity contribution in [2.45, 2.75) is 31.0 Å². The second-order valence-electron chi connectivity index (χ2n) is 4.35. The molecule has 2 aromatic rings. The van der Waals surface area contributed by atoms with Crippen LogP contribution >= 0.6 is 43.2 Å². The fraction of sp³-hybridized carbons (Fsp3) is 0.385.